The number of hydrogen-bond donors (Lipinski definition) is 0. The van der Waals surface area contributed by atoms with Crippen LogP contribution in [-0.2, 0) is 38.8 Å². The molecule has 0 aromatic heterocycles. The minimum atomic E-state index is -6.40. The molecule has 4 aromatic carbocycles. The summed E-state index contributed by atoms with van der Waals surface area (Å²) in [5.41, 5.74) is 3.45. The van der Waals surface area contributed by atoms with E-state index in [2.05, 4.69) is 53.7 Å². The summed E-state index contributed by atoms with van der Waals surface area (Å²) in [5, 5.41) is 0. The fourth-order valence-corrected chi connectivity index (χ4v) is 35.2. The summed E-state index contributed by atoms with van der Waals surface area (Å²) < 4.78 is 84.5. The third-order valence-electron chi connectivity index (χ3n) is 10.1. The summed E-state index contributed by atoms with van der Waals surface area (Å²) in [7, 11) is 16.7. The molecule has 262 valence electrons. The number of rotatable bonds is 4. The van der Waals surface area contributed by atoms with E-state index in [4.69, 9.17) is 17.2 Å². The van der Waals surface area contributed by atoms with E-state index >= 15 is 0 Å². The van der Waals surface area contributed by atoms with Gasteiger partial charge in [-0.1, -0.05) is 0 Å². The van der Waals surface area contributed by atoms with Crippen molar-refractivity contribution in [1.29, 1.82) is 0 Å². The van der Waals surface area contributed by atoms with Crippen LogP contribution in [-0.4, -0.2) is 3.26 Å². The normalized spacial score (nSPS) is 15.8. The molecule has 0 spiro atoms. The van der Waals surface area contributed by atoms with Gasteiger partial charge >= 0.3 is 299 Å². The molecular formula is C41H38Cl2F6Hf. The van der Waals surface area contributed by atoms with Gasteiger partial charge in [-0.25, -0.2) is 0 Å². The van der Waals surface area contributed by atoms with Gasteiger partial charge in [-0.2, -0.15) is 0 Å². The van der Waals surface area contributed by atoms with Crippen molar-refractivity contribution in [3.8, 4) is 11.1 Å². The van der Waals surface area contributed by atoms with Crippen LogP contribution in [0.15, 0.2) is 109 Å². The monoisotopic (exact) mass is 894 g/mol. The van der Waals surface area contributed by atoms with Crippen LogP contribution >= 0.6 is 17.2 Å². The number of hydrogen-bond acceptors (Lipinski definition) is 0. The van der Waals surface area contributed by atoms with E-state index < -0.39 is 46.5 Å². The number of allylic oxidation sites excluding steroid dienone is 4. The van der Waals surface area contributed by atoms with Crippen molar-refractivity contribution in [3.63, 3.8) is 0 Å². The average molecular weight is 894 g/mol. The maximum atomic E-state index is 14.3. The Bertz CT molecular complexity index is 2000. The van der Waals surface area contributed by atoms with E-state index in [9.17, 15) is 26.3 Å². The predicted octanol–water partition coefficient (Wildman–Crippen LogP) is 13.6. The first-order valence-electron chi connectivity index (χ1n) is 16.5. The van der Waals surface area contributed by atoms with Gasteiger partial charge in [0.15, 0.2) is 0 Å². The molecule has 0 fully saturated rings. The number of alkyl halides is 6. The van der Waals surface area contributed by atoms with Crippen LogP contribution in [0.4, 0.5) is 26.3 Å². The van der Waals surface area contributed by atoms with Crippen molar-refractivity contribution in [3.05, 3.63) is 154 Å². The van der Waals surface area contributed by atoms with Crippen LogP contribution in [0.25, 0.3) is 11.1 Å². The van der Waals surface area contributed by atoms with E-state index in [0.717, 1.165) is 57.6 Å². The zero-order chi connectivity index (χ0) is 36.7. The molecule has 0 nitrogen and oxygen atoms in total. The van der Waals surface area contributed by atoms with Crippen LogP contribution in [0.1, 0.15) is 89.7 Å². The van der Waals surface area contributed by atoms with Crippen LogP contribution in [0, 0.1) is 0 Å². The van der Waals surface area contributed by atoms with Gasteiger partial charge in [0.2, 0.25) is 0 Å². The fraction of sp³-hybridized carbons (Fsp3) is 0.293. The fourth-order valence-electron chi connectivity index (χ4n) is 7.46. The first-order valence-corrected chi connectivity index (χ1v) is 31.3. The summed E-state index contributed by atoms with van der Waals surface area (Å²) in [5.74, 6) is 0. The van der Waals surface area contributed by atoms with Crippen molar-refractivity contribution in [2.24, 2.45) is 0 Å². The molecule has 0 unspecified atom stereocenters. The summed E-state index contributed by atoms with van der Waals surface area (Å²) >= 11 is -6.40. The van der Waals surface area contributed by atoms with Crippen molar-refractivity contribution in [2.75, 3.05) is 0 Å². The number of fused-ring (bicyclic) bond motifs is 3. The van der Waals surface area contributed by atoms with Gasteiger partial charge in [0.1, 0.15) is 0 Å². The summed E-state index contributed by atoms with van der Waals surface area (Å²) in [6.45, 7) is 12.7. The van der Waals surface area contributed by atoms with Gasteiger partial charge < -0.3 is 0 Å². The molecule has 0 atom stereocenters. The average Bonchev–Trinajstić information content (AvgIpc) is 3.67. The molecule has 0 saturated carbocycles. The number of benzene rings is 4. The standard InChI is InChI=1S/C21H25.C15H8F6.C5H5.2ClH.Hf/c1-20(2,3)16-9-7-14-11-15-8-10-17(21(4,5)6)13-19(15)18(14)12-16;16-14(17,18)12-5-1-3-10(8-12)7-11-4-2-6-13(9-11)15(19,20)21;1-2-4-5-3-1;;;/h7-13H,1-6H3;1-6,8-9H;1-5H;2*1H;/q;;;;;+2/p-2. The Hall–Kier alpha value is -2.74. The zero-order valence-corrected chi connectivity index (χ0v) is 33.7. The Labute approximate surface area is 297 Å². The molecule has 0 radical (unpaired) electrons. The first-order chi connectivity index (χ1) is 23.0. The molecule has 0 heterocycles. The van der Waals surface area contributed by atoms with Crippen molar-refractivity contribution in [1.82, 2.24) is 0 Å². The van der Waals surface area contributed by atoms with E-state index in [1.807, 2.05) is 36.4 Å². The molecule has 6 rings (SSSR count). The maximum absolute atomic E-state index is 14.3. The molecule has 2 aliphatic carbocycles. The van der Waals surface area contributed by atoms with Crippen LogP contribution in [0.2, 0.25) is 3.67 Å². The van der Waals surface area contributed by atoms with Crippen molar-refractivity contribution in [2.45, 2.75) is 72.1 Å². The van der Waals surface area contributed by atoms with Gasteiger partial charge in [0.25, 0.3) is 0 Å². The zero-order valence-electron chi connectivity index (χ0n) is 28.6. The van der Waals surface area contributed by atoms with Gasteiger partial charge in [0, 0.05) is 0 Å². The molecule has 0 bridgehead atoms. The SMILES string of the molecule is CC(C)(C)c1ccc2c(c1)-c1cc(C(C)(C)C)ccc1[CH]2[Hf]([Cl])([Cl])(=[C](c1cccc(C(F)(F)F)c1)c1cccc(C(F)(F)F)c1)[CH]1C=CC=C1. The third kappa shape index (κ3) is 6.34. The molecule has 4 aromatic rings. The van der Waals surface area contributed by atoms with Gasteiger partial charge in [-0.15, -0.1) is 0 Å². The minimum absolute atomic E-state index is 0.0563. The Balaban J connectivity index is 1.85. The summed E-state index contributed by atoms with van der Waals surface area (Å²) in [6, 6.07) is 21.7. The van der Waals surface area contributed by atoms with Crippen LogP contribution in [0.5, 0.6) is 0 Å². The van der Waals surface area contributed by atoms with Crippen molar-refractivity contribution >= 4 is 20.4 Å². The van der Waals surface area contributed by atoms with Crippen LogP contribution < -0.4 is 0 Å². The van der Waals surface area contributed by atoms with Gasteiger partial charge in [0.05, 0.1) is 0 Å². The Kier molecular flexibility index (Phi) is 9.01. The quantitative estimate of drug-likeness (QED) is 0.141. The first kappa shape index (κ1) is 37.0. The molecule has 0 saturated heterocycles. The topological polar surface area (TPSA) is 0 Å². The molecule has 0 N–H and O–H groups in total. The molecule has 0 aliphatic heterocycles. The Morgan fingerprint density at radius 1 is 0.540 bits per heavy atom. The number of halogens is 8. The van der Waals surface area contributed by atoms with E-state index in [0.29, 0.717) is 0 Å². The second-order valence-corrected chi connectivity index (χ2v) is 45.0. The molecule has 0 amide bonds. The molecule has 50 heavy (non-hydrogen) atoms. The van der Waals surface area contributed by atoms with Gasteiger partial charge in [-0.3, -0.25) is 0 Å². The molecule has 2 aliphatic rings. The predicted molar refractivity (Wildman–Crippen MR) is 191 cm³/mol. The summed E-state index contributed by atoms with van der Waals surface area (Å²) in [4.78, 5) is 0. The van der Waals surface area contributed by atoms with Gasteiger partial charge in [-0.05, 0) is 0 Å². The van der Waals surface area contributed by atoms with E-state index in [-0.39, 0.29) is 25.2 Å². The Morgan fingerprint density at radius 2 is 0.940 bits per heavy atom. The van der Waals surface area contributed by atoms with Crippen molar-refractivity contribution < 1.29 is 42.0 Å². The molecule has 9 heteroatoms. The second kappa shape index (κ2) is 12.2. The Morgan fingerprint density at radius 3 is 1.30 bits per heavy atom. The van der Waals surface area contributed by atoms with E-state index in [1.165, 1.54) is 24.3 Å². The third-order valence-corrected chi connectivity index (χ3v) is 38.2. The summed E-state index contributed by atoms with van der Waals surface area (Å²) in [6.07, 6.45) is -2.14. The van der Waals surface area contributed by atoms with Crippen LogP contribution in [0.3, 0.4) is 0 Å². The molecular weight excluding hydrogens is 856 g/mol. The van der Waals surface area contributed by atoms with E-state index in [1.54, 1.807) is 12.2 Å². The second-order valence-electron chi connectivity index (χ2n) is 15.5.